The lowest BCUT2D eigenvalue weighted by Crippen LogP contribution is -2.28. The number of rotatable bonds is 0. The Morgan fingerprint density at radius 2 is 1.95 bits per heavy atom. The molecule has 1 aromatic heterocycles. The molecular weight excluding hydrogens is 298 g/mol. The lowest BCUT2D eigenvalue weighted by atomic mass is 9.86. The highest BCUT2D eigenvalue weighted by atomic mass is 35.5. The van der Waals surface area contributed by atoms with Crippen LogP contribution in [0.5, 0.6) is 0 Å². The van der Waals surface area contributed by atoms with Gasteiger partial charge < -0.3 is 4.98 Å². The van der Waals surface area contributed by atoms with Crippen LogP contribution in [-0.4, -0.2) is 11.2 Å². The van der Waals surface area contributed by atoms with Gasteiger partial charge in [-0.1, -0.05) is 23.2 Å². The molecule has 0 aliphatic heterocycles. The number of H-pyrrole nitrogens is 1. The van der Waals surface area contributed by atoms with Crippen molar-refractivity contribution in [2.24, 2.45) is 5.92 Å². The number of hydrogen-bond donors (Lipinski definition) is 1. The van der Waals surface area contributed by atoms with E-state index in [1.165, 1.54) is 0 Å². The van der Waals surface area contributed by atoms with E-state index in [0.717, 1.165) is 5.69 Å². The number of aromatic amines is 1. The zero-order valence-corrected chi connectivity index (χ0v) is 11.3. The fourth-order valence-corrected chi connectivity index (χ4v) is 3.26. The third-order valence-electron chi connectivity index (χ3n) is 3.68. The van der Waals surface area contributed by atoms with Crippen molar-refractivity contribution in [2.45, 2.75) is 25.4 Å². The molecule has 1 heterocycles. The minimum atomic E-state index is -4.15. The number of aryl methyl sites for hydroxylation is 1. The van der Waals surface area contributed by atoms with Crippen LogP contribution in [-0.2, 0) is 12.8 Å². The fourth-order valence-electron chi connectivity index (χ4n) is 2.72. The van der Waals surface area contributed by atoms with Gasteiger partial charge in [-0.15, -0.1) is 0 Å². The average molecular weight is 308 g/mol. The second-order valence-electron chi connectivity index (χ2n) is 4.87. The largest absolute Gasteiger partial charge is 0.392 e. The van der Waals surface area contributed by atoms with Crippen molar-refractivity contribution in [3.63, 3.8) is 0 Å². The van der Waals surface area contributed by atoms with Crippen LogP contribution < -0.4 is 0 Å². The Morgan fingerprint density at radius 3 is 2.63 bits per heavy atom. The highest BCUT2D eigenvalue weighted by molar-refractivity contribution is 6.38. The normalized spacial score (nSPS) is 19.7. The molecule has 1 aliphatic rings. The predicted molar refractivity (Wildman–Crippen MR) is 69.9 cm³/mol. The molecule has 0 radical (unpaired) electrons. The van der Waals surface area contributed by atoms with Gasteiger partial charge in [0.1, 0.15) is 0 Å². The highest BCUT2D eigenvalue weighted by Gasteiger charge is 2.42. The van der Waals surface area contributed by atoms with E-state index in [0.29, 0.717) is 32.9 Å². The topological polar surface area (TPSA) is 15.8 Å². The predicted octanol–water partition coefficient (Wildman–Crippen LogP) is 5.14. The maximum absolute atomic E-state index is 12.8. The first-order chi connectivity index (χ1) is 8.86. The van der Waals surface area contributed by atoms with Crippen molar-refractivity contribution < 1.29 is 13.2 Å². The molecule has 6 heteroatoms. The van der Waals surface area contributed by atoms with E-state index in [2.05, 4.69) is 4.98 Å². The molecule has 0 saturated carbocycles. The number of nitrogens with one attached hydrogen (secondary N) is 1. The molecule has 1 atom stereocenters. The van der Waals surface area contributed by atoms with Crippen LogP contribution in [0.4, 0.5) is 13.2 Å². The molecule has 0 bridgehead atoms. The van der Waals surface area contributed by atoms with E-state index < -0.39 is 12.1 Å². The Kier molecular flexibility index (Phi) is 2.98. The number of aromatic nitrogens is 1. The van der Waals surface area contributed by atoms with Crippen LogP contribution >= 0.6 is 23.2 Å². The van der Waals surface area contributed by atoms with Crippen molar-refractivity contribution in [1.29, 1.82) is 0 Å². The van der Waals surface area contributed by atoms with Crippen LogP contribution in [0.25, 0.3) is 10.9 Å². The van der Waals surface area contributed by atoms with Crippen molar-refractivity contribution in [3.8, 4) is 0 Å². The lowest BCUT2D eigenvalue weighted by molar-refractivity contribution is -0.177. The van der Waals surface area contributed by atoms with Crippen LogP contribution in [0.3, 0.4) is 0 Å². The second kappa shape index (κ2) is 4.32. The Balaban J connectivity index is 2.13. The van der Waals surface area contributed by atoms with Crippen molar-refractivity contribution in [2.75, 3.05) is 0 Å². The van der Waals surface area contributed by atoms with Crippen molar-refractivity contribution >= 4 is 34.1 Å². The summed E-state index contributed by atoms with van der Waals surface area (Å²) in [4.78, 5) is 3.13. The van der Waals surface area contributed by atoms with Gasteiger partial charge in [0.05, 0.1) is 16.5 Å². The first-order valence-corrected chi connectivity index (χ1v) is 6.67. The van der Waals surface area contributed by atoms with E-state index in [-0.39, 0.29) is 12.8 Å². The maximum Gasteiger partial charge on any atom is 0.392 e. The van der Waals surface area contributed by atoms with Crippen LogP contribution in [0.2, 0.25) is 10.0 Å². The van der Waals surface area contributed by atoms with Gasteiger partial charge in [0.25, 0.3) is 0 Å². The summed E-state index contributed by atoms with van der Waals surface area (Å²) < 4.78 is 38.5. The molecule has 0 saturated heterocycles. The molecule has 1 aliphatic carbocycles. The number of fused-ring (bicyclic) bond motifs is 3. The van der Waals surface area contributed by atoms with Gasteiger partial charge in [0, 0.05) is 16.1 Å². The van der Waals surface area contributed by atoms with E-state index in [9.17, 15) is 13.2 Å². The minimum absolute atomic E-state index is 0.00446. The molecule has 102 valence electrons. The average Bonchev–Trinajstić information content (AvgIpc) is 2.66. The maximum atomic E-state index is 12.8. The summed E-state index contributed by atoms with van der Waals surface area (Å²) in [5, 5.41) is 1.59. The zero-order valence-electron chi connectivity index (χ0n) is 9.74. The lowest BCUT2D eigenvalue weighted by Gasteiger charge is -2.24. The van der Waals surface area contributed by atoms with Gasteiger partial charge in [0.15, 0.2) is 0 Å². The smallest absolute Gasteiger partial charge is 0.357 e. The second-order valence-corrected chi connectivity index (χ2v) is 5.72. The van der Waals surface area contributed by atoms with E-state index in [1.54, 1.807) is 12.1 Å². The first-order valence-electron chi connectivity index (χ1n) is 5.91. The SMILES string of the molecule is FC(F)(F)C1CCc2[nH]c3c(Cl)cc(Cl)cc3c2C1. The monoisotopic (exact) mass is 307 g/mol. The summed E-state index contributed by atoms with van der Waals surface area (Å²) in [6.07, 6.45) is -3.64. The van der Waals surface area contributed by atoms with Crippen molar-refractivity contribution in [1.82, 2.24) is 4.98 Å². The Morgan fingerprint density at radius 1 is 1.21 bits per heavy atom. The summed E-state index contributed by atoms with van der Waals surface area (Å²) >= 11 is 12.0. The summed E-state index contributed by atoms with van der Waals surface area (Å²) in [6.45, 7) is 0. The summed E-state index contributed by atoms with van der Waals surface area (Å²) in [7, 11) is 0. The van der Waals surface area contributed by atoms with Crippen LogP contribution in [0.15, 0.2) is 12.1 Å². The third-order valence-corrected chi connectivity index (χ3v) is 4.19. The number of halogens is 5. The van der Waals surface area contributed by atoms with Crippen LogP contribution in [0.1, 0.15) is 17.7 Å². The summed E-state index contributed by atoms with van der Waals surface area (Å²) in [5.41, 5.74) is 2.23. The van der Waals surface area contributed by atoms with Gasteiger partial charge in [-0.05, 0) is 37.0 Å². The van der Waals surface area contributed by atoms with Gasteiger partial charge in [-0.25, -0.2) is 0 Å². The van der Waals surface area contributed by atoms with Gasteiger partial charge >= 0.3 is 6.18 Å². The zero-order chi connectivity index (χ0) is 13.8. The minimum Gasteiger partial charge on any atom is -0.357 e. The number of hydrogen-bond acceptors (Lipinski definition) is 0. The molecule has 1 aromatic carbocycles. The molecular formula is C13H10Cl2F3N. The molecule has 1 N–H and O–H groups in total. The summed E-state index contributed by atoms with van der Waals surface area (Å²) in [5.74, 6) is -1.28. The Bertz CT molecular complexity index is 645. The molecule has 3 rings (SSSR count). The first kappa shape index (κ1) is 13.1. The quantitative estimate of drug-likeness (QED) is 0.693. The standard InChI is InChI=1S/C13H10Cl2F3N/c14-7-4-9-8-3-6(13(16,17)18)1-2-11(8)19-12(9)10(15)5-7/h4-6,19H,1-3H2. The van der Waals surface area contributed by atoms with E-state index in [1.807, 2.05) is 0 Å². The fraction of sp³-hybridized carbons (Fsp3) is 0.385. The van der Waals surface area contributed by atoms with Gasteiger partial charge in [-0.3, -0.25) is 0 Å². The van der Waals surface area contributed by atoms with Crippen molar-refractivity contribution in [3.05, 3.63) is 33.4 Å². The highest BCUT2D eigenvalue weighted by Crippen LogP contribution is 2.41. The third kappa shape index (κ3) is 2.21. The Labute approximate surface area is 117 Å². The molecule has 2 aromatic rings. The van der Waals surface area contributed by atoms with Gasteiger partial charge in [0.2, 0.25) is 0 Å². The molecule has 19 heavy (non-hydrogen) atoms. The van der Waals surface area contributed by atoms with E-state index in [4.69, 9.17) is 23.2 Å². The molecule has 1 unspecified atom stereocenters. The Hall–Kier alpha value is -0.870. The van der Waals surface area contributed by atoms with Crippen LogP contribution in [0, 0.1) is 5.92 Å². The molecule has 0 spiro atoms. The number of alkyl halides is 3. The number of benzene rings is 1. The van der Waals surface area contributed by atoms with E-state index >= 15 is 0 Å². The van der Waals surface area contributed by atoms with Gasteiger partial charge in [-0.2, -0.15) is 13.2 Å². The molecule has 0 fully saturated rings. The molecule has 1 nitrogen and oxygen atoms in total. The summed E-state index contributed by atoms with van der Waals surface area (Å²) in [6, 6.07) is 3.27. The molecule has 0 amide bonds.